The Morgan fingerprint density at radius 3 is 1.89 bits per heavy atom. The molecule has 2 aromatic carbocycles. The van der Waals surface area contributed by atoms with Gasteiger partial charge in [-0.2, -0.15) is 0 Å². The minimum atomic E-state index is 0.566. The number of hydrogen-bond acceptors (Lipinski definition) is 2. The van der Waals surface area contributed by atoms with Crippen molar-refractivity contribution < 1.29 is 4.84 Å². The van der Waals surface area contributed by atoms with Crippen molar-refractivity contribution in [1.29, 1.82) is 0 Å². The highest BCUT2D eigenvalue weighted by Gasteiger charge is 2.25. The first-order valence-corrected chi connectivity index (χ1v) is 7.59. The second kappa shape index (κ2) is 5.10. The minimum absolute atomic E-state index is 0.566. The van der Waals surface area contributed by atoms with Crippen LogP contribution in [0.5, 0.6) is 0 Å². The van der Waals surface area contributed by atoms with E-state index in [2.05, 4.69) is 61.3 Å². The zero-order valence-electron chi connectivity index (χ0n) is 10.3. The van der Waals surface area contributed by atoms with Crippen LogP contribution >= 0.6 is 31.9 Å². The fourth-order valence-corrected chi connectivity index (χ4v) is 2.99. The minimum Gasteiger partial charge on any atom is -0.396 e. The monoisotopic (exact) mass is 379 g/mol. The number of oxime groups is 1. The molecule has 0 unspecified atom stereocenters. The molecule has 96 valence electrons. The highest BCUT2D eigenvalue weighted by atomic mass is 79.9. The quantitative estimate of drug-likeness (QED) is 0.574. The van der Waals surface area contributed by atoms with Crippen molar-refractivity contribution >= 4 is 37.6 Å². The molecule has 0 spiro atoms. The molecule has 0 amide bonds. The summed E-state index contributed by atoms with van der Waals surface area (Å²) in [6.07, 6.45) is 0. The molecule has 0 radical (unpaired) electrons. The number of halogens is 2. The van der Waals surface area contributed by atoms with E-state index in [0.29, 0.717) is 6.61 Å². The van der Waals surface area contributed by atoms with Gasteiger partial charge in [-0.3, -0.25) is 0 Å². The molecule has 3 rings (SSSR count). The summed E-state index contributed by atoms with van der Waals surface area (Å²) in [6.45, 7) is 2.50. The van der Waals surface area contributed by atoms with E-state index in [-0.39, 0.29) is 0 Å². The molecule has 4 heteroatoms. The molecular formula is C15H11Br2NO. The van der Waals surface area contributed by atoms with Crippen molar-refractivity contribution in [1.82, 2.24) is 0 Å². The Kier molecular flexibility index (Phi) is 3.46. The SMILES string of the molecule is CCON=C1c2cc(Br)ccc2-c2ccc(Br)cc21. The van der Waals surface area contributed by atoms with Gasteiger partial charge in [0.2, 0.25) is 0 Å². The Hall–Kier alpha value is -1.13. The summed E-state index contributed by atoms with van der Waals surface area (Å²) in [6, 6.07) is 12.5. The van der Waals surface area contributed by atoms with Crippen LogP contribution < -0.4 is 0 Å². The number of nitrogens with zero attached hydrogens (tertiary/aromatic N) is 1. The van der Waals surface area contributed by atoms with E-state index in [9.17, 15) is 0 Å². The molecule has 0 aliphatic heterocycles. The lowest BCUT2D eigenvalue weighted by atomic mass is 10.1. The van der Waals surface area contributed by atoms with Crippen LogP contribution in [0, 0.1) is 0 Å². The van der Waals surface area contributed by atoms with Crippen LogP contribution in [0.4, 0.5) is 0 Å². The van der Waals surface area contributed by atoms with E-state index in [1.54, 1.807) is 0 Å². The number of rotatable bonds is 2. The second-order valence-corrected chi connectivity index (χ2v) is 6.07. The third kappa shape index (κ3) is 2.23. The number of fused-ring (bicyclic) bond motifs is 3. The summed E-state index contributed by atoms with van der Waals surface area (Å²) in [5, 5.41) is 4.28. The molecule has 0 aromatic heterocycles. The summed E-state index contributed by atoms with van der Waals surface area (Å²) < 4.78 is 2.09. The third-order valence-corrected chi connectivity index (χ3v) is 4.04. The van der Waals surface area contributed by atoms with E-state index in [1.165, 1.54) is 11.1 Å². The van der Waals surface area contributed by atoms with Crippen LogP contribution in [0.15, 0.2) is 50.5 Å². The van der Waals surface area contributed by atoms with E-state index >= 15 is 0 Å². The van der Waals surface area contributed by atoms with Gasteiger partial charge >= 0.3 is 0 Å². The Morgan fingerprint density at radius 2 is 1.42 bits per heavy atom. The van der Waals surface area contributed by atoms with E-state index in [4.69, 9.17) is 4.84 Å². The van der Waals surface area contributed by atoms with Gasteiger partial charge in [-0.05, 0) is 42.3 Å². The maximum Gasteiger partial charge on any atom is 0.118 e. The summed E-state index contributed by atoms with van der Waals surface area (Å²) >= 11 is 7.03. The lowest BCUT2D eigenvalue weighted by Gasteiger charge is -2.02. The molecule has 1 aliphatic rings. The number of hydrogen-bond donors (Lipinski definition) is 0. The van der Waals surface area contributed by atoms with Crippen LogP contribution in [0.3, 0.4) is 0 Å². The topological polar surface area (TPSA) is 21.6 Å². The standard InChI is InChI=1S/C15H11Br2NO/c1-2-19-18-15-13-7-9(16)3-5-11(13)12-6-4-10(17)8-14(12)15/h3-8H,2H2,1H3. The first-order chi connectivity index (χ1) is 9.20. The summed E-state index contributed by atoms with van der Waals surface area (Å²) in [7, 11) is 0. The Labute approximate surface area is 128 Å². The zero-order valence-corrected chi connectivity index (χ0v) is 13.5. The lowest BCUT2D eigenvalue weighted by Crippen LogP contribution is -2.00. The molecule has 0 fully saturated rings. The molecule has 0 bridgehead atoms. The van der Waals surface area contributed by atoms with Gasteiger partial charge in [0, 0.05) is 20.1 Å². The molecular weight excluding hydrogens is 370 g/mol. The highest BCUT2D eigenvalue weighted by molar-refractivity contribution is 9.10. The van der Waals surface area contributed by atoms with Crippen LogP contribution in [0.25, 0.3) is 11.1 Å². The zero-order chi connectivity index (χ0) is 13.4. The van der Waals surface area contributed by atoms with Gasteiger partial charge in [0.15, 0.2) is 0 Å². The Bertz CT molecular complexity index is 626. The van der Waals surface area contributed by atoms with Gasteiger partial charge in [-0.15, -0.1) is 0 Å². The van der Waals surface area contributed by atoms with Crippen molar-refractivity contribution in [2.45, 2.75) is 6.92 Å². The van der Waals surface area contributed by atoms with Gasteiger partial charge in [0.1, 0.15) is 12.3 Å². The average Bonchev–Trinajstić information content (AvgIpc) is 2.68. The fraction of sp³-hybridized carbons (Fsp3) is 0.133. The fourth-order valence-electron chi connectivity index (χ4n) is 2.27. The van der Waals surface area contributed by atoms with Gasteiger partial charge in [-0.25, -0.2) is 0 Å². The van der Waals surface area contributed by atoms with E-state index in [0.717, 1.165) is 25.8 Å². The van der Waals surface area contributed by atoms with Gasteiger partial charge in [0.05, 0.1) is 0 Å². The van der Waals surface area contributed by atoms with Gasteiger partial charge in [0.25, 0.3) is 0 Å². The number of benzene rings is 2. The molecule has 0 heterocycles. The molecule has 2 nitrogen and oxygen atoms in total. The van der Waals surface area contributed by atoms with Crippen LogP contribution in [-0.2, 0) is 4.84 Å². The van der Waals surface area contributed by atoms with Crippen molar-refractivity contribution in [3.8, 4) is 11.1 Å². The van der Waals surface area contributed by atoms with Gasteiger partial charge in [-0.1, -0.05) is 49.1 Å². The largest absolute Gasteiger partial charge is 0.396 e. The Morgan fingerprint density at radius 1 is 0.895 bits per heavy atom. The first-order valence-electron chi connectivity index (χ1n) is 6.01. The van der Waals surface area contributed by atoms with Crippen molar-refractivity contribution in [2.75, 3.05) is 6.61 Å². The molecule has 19 heavy (non-hydrogen) atoms. The molecule has 0 saturated heterocycles. The van der Waals surface area contributed by atoms with Crippen LogP contribution in [-0.4, -0.2) is 12.3 Å². The summed E-state index contributed by atoms with van der Waals surface area (Å²) in [4.78, 5) is 5.27. The van der Waals surface area contributed by atoms with Crippen molar-refractivity contribution in [3.05, 3.63) is 56.5 Å². The van der Waals surface area contributed by atoms with E-state index < -0.39 is 0 Å². The molecule has 0 atom stereocenters. The predicted octanol–water partition coefficient (Wildman–Crippen LogP) is 4.98. The molecule has 1 aliphatic carbocycles. The lowest BCUT2D eigenvalue weighted by molar-refractivity contribution is 0.159. The predicted molar refractivity (Wildman–Crippen MR) is 84.5 cm³/mol. The van der Waals surface area contributed by atoms with Crippen molar-refractivity contribution in [2.24, 2.45) is 5.16 Å². The summed E-state index contributed by atoms with van der Waals surface area (Å²) in [5.74, 6) is 0. The summed E-state index contributed by atoms with van der Waals surface area (Å²) in [5.41, 5.74) is 5.51. The van der Waals surface area contributed by atoms with Crippen molar-refractivity contribution in [3.63, 3.8) is 0 Å². The Balaban J connectivity index is 2.26. The molecule has 0 N–H and O–H groups in total. The average molecular weight is 381 g/mol. The van der Waals surface area contributed by atoms with E-state index in [1.807, 2.05) is 19.1 Å². The maximum absolute atomic E-state index is 5.27. The maximum atomic E-state index is 5.27. The second-order valence-electron chi connectivity index (χ2n) is 4.24. The molecule has 0 saturated carbocycles. The van der Waals surface area contributed by atoms with Gasteiger partial charge < -0.3 is 4.84 Å². The third-order valence-electron chi connectivity index (χ3n) is 3.05. The van der Waals surface area contributed by atoms with Crippen LogP contribution in [0.2, 0.25) is 0 Å². The normalized spacial score (nSPS) is 12.1. The molecule has 2 aromatic rings. The smallest absolute Gasteiger partial charge is 0.118 e. The first kappa shape index (κ1) is 12.9. The van der Waals surface area contributed by atoms with Crippen LogP contribution in [0.1, 0.15) is 18.1 Å². The highest BCUT2D eigenvalue weighted by Crippen LogP contribution is 2.39.